The Bertz CT molecular complexity index is 930. The molecular weight excluding hydrogens is 407 g/mol. The van der Waals surface area contributed by atoms with Gasteiger partial charge in [-0.3, -0.25) is 9.10 Å². The van der Waals surface area contributed by atoms with E-state index in [9.17, 15) is 13.2 Å². The second-order valence-corrected chi connectivity index (χ2v) is 9.15. The summed E-state index contributed by atoms with van der Waals surface area (Å²) in [4.78, 5) is 12.7. The Labute approximate surface area is 170 Å². The molecule has 2 rings (SSSR count). The molecule has 0 unspecified atom stereocenters. The third-order valence-electron chi connectivity index (χ3n) is 4.18. The SMILES string of the molecule is Cc1ccc([C@H](C)NC(=O)[C@@H](C)N(c2ccc(Cl)c(Cl)c2)S(C)(=O)=O)cc1. The number of nitrogens with one attached hydrogen (secondary N) is 1. The van der Waals surface area contributed by atoms with Gasteiger partial charge in [-0.05, 0) is 44.5 Å². The molecule has 0 heterocycles. The summed E-state index contributed by atoms with van der Waals surface area (Å²) in [6.45, 7) is 5.36. The summed E-state index contributed by atoms with van der Waals surface area (Å²) >= 11 is 11.9. The summed E-state index contributed by atoms with van der Waals surface area (Å²) in [6, 6.07) is 11.0. The minimum Gasteiger partial charge on any atom is -0.348 e. The van der Waals surface area contributed by atoms with E-state index in [1.54, 1.807) is 0 Å². The van der Waals surface area contributed by atoms with E-state index < -0.39 is 22.0 Å². The molecule has 1 N–H and O–H groups in total. The van der Waals surface area contributed by atoms with Crippen molar-refractivity contribution in [3.8, 4) is 0 Å². The first kappa shape index (κ1) is 21.5. The number of hydrogen-bond acceptors (Lipinski definition) is 3. The fraction of sp³-hybridized carbons (Fsp3) is 0.316. The first-order valence-corrected chi connectivity index (χ1v) is 10.9. The van der Waals surface area contributed by atoms with Gasteiger partial charge in [0, 0.05) is 0 Å². The lowest BCUT2D eigenvalue weighted by atomic mass is 10.1. The number of aryl methyl sites for hydroxylation is 1. The number of hydrogen-bond donors (Lipinski definition) is 1. The number of amides is 1. The first-order valence-electron chi connectivity index (χ1n) is 8.32. The van der Waals surface area contributed by atoms with E-state index in [0.29, 0.717) is 5.02 Å². The van der Waals surface area contributed by atoms with E-state index >= 15 is 0 Å². The first-order chi connectivity index (χ1) is 12.5. The third kappa shape index (κ3) is 5.37. The quantitative estimate of drug-likeness (QED) is 0.743. The molecule has 0 aliphatic carbocycles. The van der Waals surface area contributed by atoms with Crippen molar-refractivity contribution < 1.29 is 13.2 Å². The third-order valence-corrected chi connectivity index (χ3v) is 6.16. The van der Waals surface area contributed by atoms with Crippen molar-refractivity contribution in [1.82, 2.24) is 5.32 Å². The largest absolute Gasteiger partial charge is 0.348 e. The topological polar surface area (TPSA) is 66.5 Å². The van der Waals surface area contributed by atoms with Crippen LogP contribution in [0.1, 0.15) is 31.0 Å². The lowest BCUT2D eigenvalue weighted by molar-refractivity contribution is -0.122. The molecule has 2 aromatic carbocycles. The van der Waals surface area contributed by atoms with Crippen molar-refractivity contribution in [3.63, 3.8) is 0 Å². The molecule has 0 radical (unpaired) electrons. The van der Waals surface area contributed by atoms with Gasteiger partial charge >= 0.3 is 0 Å². The molecule has 146 valence electrons. The Hall–Kier alpha value is -1.76. The summed E-state index contributed by atoms with van der Waals surface area (Å²) in [5, 5.41) is 3.38. The molecule has 0 spiro atoms. The average Bonchev–Trinajstić information content (AvgIpc) is 2.57. The van der Waals surface area contributed by atoms with Crippen LogP contribution in [0.3, 0.4) is 0 Å². The Kier molecular flexibility index (Phi) is 6.78. The normalized spacial score (nSPS) is 13.7. The zero-order valence-electron chi connectivity index (χ0n) is 15.5. The fourth-order valence-corrected chi connectivity index (χ4v) is 4.16. The van der Waals surface area contributed by atoms with Crippen LogP contribution >= 0.6 is 23.2 Å². The van der Waals surface area contributed by atoms with Crippen LogP contribution in [0, 0.1) is 6.92 Å². The Morgan fingerprint density at radius 3 is 2.15 bits per heavy atom. The van der Waals surface area contributed by atoms with E-state index in [1.807, 2.05) is 38.1 Å². The highest BCUT2D eigenvalue weighted by atomic mass is 35.5. The molecule has 0 saturated carbocycles. The summed E-state index contributed by atoms with van der Waals surface area (Å²) in [6.07, 6.45) is 1.04. The number of benzene rings is 2. The van der Waals surface area contributed by atoms with Crippen LogP contribution in [0.25, 0.3) is 0 Å². The van der Waals surface area contributed by atoms with Crippen LogP contribution in [-0.4, -0.2) is 26.6 Å². The molecule has 0 aromatic heterocycles. The minimum absolute atomic E-state index is 0.212. The highest BCUT2D eigenvalue weighted by Crippen LogP contribution is 2.29. The molecule has 2 aromatic rings. The molecule has 1 amide bonds. The van der Waals surface area contributed by atoms with Crippen molar-refractivity contribution in [2.45, 2.75) is 32.9 Å². The monoisotopic (exact) mass is 428 g/mol. The molecule has 0 bridgehead atoms. The van der Waals surface area contributed by atoms with Crippen LogP contribution in [-0.2, 0) is 14.8 Å². The zero-order valence-corrected chi connectivity index (χ0v) is 17.9. The van der Waals surface area contributed by atoms with E-state index in [4.69, 9.17) is 23.2 Å². The Morgan fingerprint density at radius 2 is 1.63 bits per heavy atom. The second kappa shape index (κ2) is 8.50. The predicted octanol–water partition coefficient (Wildman–Crippen LogP) is 4.33. The minimum atomic E-state index is -3.73. The van der Waals surface area contributed by atoms with Gasteiger partial charge in [0.05, 0.1) is 28.0 Å². The highest BCUT2D eigenvalue weighted by molar-refractivity contribution is 7.92. The maximum atomic E-state index is 12.7. The van der Waals surface area contributed by atoms with Gasteiger partial charge in [0.1, 0.15) is 6.04 Å². The lowest BCUT2D eigenvalue weighted by Gasteiger charge is -2.29. The van der Waals surface area contributed by atoms with Gasteiger partial charge in [0.25, 0.3) is 0 Å². The van der Waals surface area contributed by atoms with Crippen LogP contribution < -0.4 is 9.62 Å². The van der Waals surface area contributed by atoms with Crippen molar-refractivity contribution in [3.05, 3.63) is 63.6 Å². The average molecular weight is 429 g/mol. The number of halogens is 2. The second-order valence-electron chi connectivity index (χ2n) is 6.47. The van der Waals surface area contributed by atoms with Gasteiger partial charge in [-0.1, -0.05) is 53.0 Å². The van der Waals surface area contributed by atoms with E-state index in [-0.39, 0.29) is 16.8 Å². The van der Waals surface area contributed by atoms with Crippen molar-refractivity contribution in [2.24, 2.45) is 0 Å². The van der Waals surface area contributed by atoms with E-state index in [0.717, 1.165) is 21.7 Å². The molecular formula is C19H22Cl2N2O3S. The van der Waals surface area contributed by atoms with Gasteiger partial charge in [0.15, 0.2) is 0 Å². The maximum absolute atomic E-state index is 12.7. The number of nitrogens with zero attached hydrogens (tertiary/aromatic N) is 1. The van der Waals surface area contributed by atoms with Gasteiger partial charge in [0.2, 0.25) is 15.9 Å². The Balaban J connectivity index is 2.26. The number of rotatable bonds is 6. The molecule has 0 aliphatic rings. The van der Waals surface area contributed by atoms with Gasteiger partial charge in [-0.15, -0.1) is 0 Å². The number of carbonyl (C=O) groups excluding carboxylic acids is 1. The zero-order chi connectivity index (χ0) is 20.4. The van der Waals surface area contributed by atoms with Crippen LogP contribution in [0.4, 0.5) is 5.69 Å². The van der Waals surface area contributed by atoms with Crippen molar-refractivity contribution in [1.29, 1.82) is 0 Å². The number of anilines is 1. The van der Waals surface area contributed by atoms with Crippen molar-refractivity contribution in [2.75, 3.05) is 10.6 Å². The van der Waals surface area contributed by atoms with Gasteiger partial charge in [-0.2, -0.15) is 0 Å². The molecule has 2 atom stereocenters. The highest BCUT2D eigenvalue weighted by Gasteiger charge is 2.30. The van der Waals surface area contributed by atoms with Crippen LogP contribution in [0.2, 0.25) is 10.0 Å². The molecule has 0 aliphatic heterocycles. The molecule has 8 heteroatoms. The molecule has 5 nitrogen and oxygen atoms in total. The standard InChI is InChI=1S/C19H22Cl2N2O3S/c1-12-5-7-15(8-6-12)13(2)22-19(24)14(3)23(27(4,25)26)16-9-10-17(20)18(21)11-16/h5-11,13-14H,1-4H3,(H,22,24)/t13-,14+/m0/s1. The van der Waals surface area contributed by atoms with Crippen LogP contribution in [0.5, 0.6) is 0 Å². The Morgan fingerprint density at radius 1 is 1.04 bits per heavy atom. The summed E-state index contributed by atoms with van der Waals surface area (Å²) in [7, 11) is -3.73. The smallest absolute Gasteiger partial charge is 0.244 e. The van der Waals surface area contributed by atoms with Gasteiger partial charge < -0.3 is 5.32 Å². The number of carbonyl (C=O) groups is 1. The lowest BCUT2D eigenvalue weighted by Crippen LogP contribution is -2.48. The summed E-state index contributed by atoms with van der Waals surface area (Å²) in [5.41, 5.74) is 2.33. The maximum Gasteiger partial charge on any atom is 0.244 e. The van der Waals surface area contributed by atoms with Crippen molar-refractivity contribution >= 4 is 44.8 Å². The van der Waals surface area contributed by atoms with E-state index in [2.05, 4.69) is 5.32 Å². The molecule has 0 saturated heterocycles. The molecule has 0 fully saturated rings. The number of sulfonamides is 1. The summed E-state index contributed by atoms with van der Waals surface area (Å²) in [5.74, 6) is -0.417. The fourth-order valence-electron chi connectivity index (χ4n) is 2.70. The van der Waals surface area contributed by atoms with Crippen LogP contribution in [0.15, 0.2) is 42.5 Å². The van der Waals surface area contributed by atoms with E-state index in [1.165, 1.54) is 25.1 Å². The molecule has 27 heavy (non-hydrogen) atoms. The predicted molar refractivity (Wildman–Crippen MR) is 111 cm³/mol. The van der Waals surface area contributed by atoms with Gasteiger partial charge in [-0.25, -0.2) is 8.42 Å². The summed E-state index contributed by atoms with van der Waals surface area (Å²) < 4.78 is 25.7.